The molecule has 0 saturated carbocycles. The number of aryl methyl sites for hydroxylation is 1. The quantitative estimate of drug-likeness (QED) is 0.346. The van der Waals surface area contributed by atoms with Crippen LogP contribution in [-0.2, 0) is 14.8 Å². The Kier molecular flexibility index (Phi) is 7.79. The van der Waals surface area contributed by atoms with Crippen LogP contribution in [0.25, 0.3) is 0 Å². The Morgan fingerprint density at radius 1 is 0.969 bits per heavy atom. The van der Waals surface area contributed by atoms with Crippen molar-refractivity contribution >= 4 is 62.6 Å². The number of hydrogen-bond donors (Lipinski definition) is 1. The van der Waals surface area contributed by atoms with E-state index in [-0.39, 0.29) is 10.6 Å². The van der Waals surface area contributed by atoms with Crippen molar-refractivity contribution in [3.63, 3.8) is 0 Å². The number of amides is 1. The molecule has 0 heterocycles. The third-order valence-electron chi connectivity index (χ3n) is 4.41. The lowest BCUT2D eigenvalue weighted by molar-refractivity contribution is -0.119. The van der Waals surface area contributed by atoms with Crippen LogP contribution in [0.3, 0.4) is 0 Å². The molecule has 0 aliphatic carbocycles. The molecule has 0 spiro atoms. The molecule has 10 heteroatoms. The summed E-state index contributed by atoms with van der Waals surface area (Å²) in [5.74, 6) is -0.641. The van der Waals surface area contributed by atoms with Crippen LogP contribution in [0.15, 0.2) is 76.7 Å². The zero-order valence-corrected chi connectivity index (χ0v) is 19.9. The number of anilines is 1. The van der Waals surface area contributed by atoms with Crippen molar-refractivity contribution in [2.75, 3.05) is 10.8 Å². The van der Waals surface area contributed by atoms with Crippen molar-refractivity contribution in [3.05, 3.63) is 92.9 Å². The third kappa shape index (κ3) is 5.81. The molecule has 1 N–H and O–H groups in total. The zero-order chi connectivity index (χ0) is 23.3. The highest BCUT2D eigenvalue weighted by molar-refractivity contribution is 7.92. The van der Waals surface area contributed by atoms with Crippen molar-refractivity contribution in [2.45, 2.75) is 11.8 Å². The molecule has 0 saturated heterocycles. The molecule has 0 unspecified atom stereocenters. The fraction of sp³-hybridized carbons (Fsp3) is 0.0909. The number of nitrogens with zero attached hydrogens (tertiary/aromatic N) is 2. The van der Waals surface area contributed by atoms with E-state index < -0.39 is 22.5 Å². The van der Waals surface area contributed by atoms with Crippen molar-refractivity contribution in [2.24, 2.45) is 5.10 Å². The molecule has 6 nitrogen and oxygen atoms in total. The summed E-state index contributed by atoms with van der Waals surface area (Å²) in [7, 11) is -4.04. The van der Waals surface area contributed by atoms with Crippen LogP contribution in [0.1, 0.15) is 11.1 Å². The number of nitrogens with one attached hydrogen (secondary N) is 1. The Labute approximate surface area is 201 Å². The Hall–Kier alpha value is -2.58. The lowest BCUT2D eigenvalue weighted by atomic mass is 10.2. The average Bonchev–Trinajstić information content (AvgIpc) is 2.77. The molecule has 0 fully saturated rings. The zero-order valence-electron chi connectivity index (χ0n) is 16.8. The Balaban J connectivity index is 1.85. The molecule has 0 atom stereocenters. The molecular weight excluding hydrogens is 493 g/mol. The largest absolute Gasteiger partial charge is 0.271 e. The highest BCUT2D eigenvalue weighted by Crippen LogP contribution is 2.28. The summed E-state index contributed by atoms with van der Waals surface area (Å²) in [6, 6.07) is 17.5. The molecule has 166 valence electrons. The molecule has 0 aliphatic heterocycles. The maximum absolute atomic E-state index is 13.3. The number of sulfonamides is 1. The lowest BCUT2D eigenvalue weighted by Gasteiger charge is -2.24. The van der Waals surface area contributed by atoms with E-state index in [4.69, 9.17) is 34.8 Å². The average molecular weight is 511 g/mol. The van der Waals surface area contributed by atoms with E-state index >= 15 is 0 Å². The van der Waals surface area contributed by atoms with Crippen molar-refractivity contribution in [3.8, 4) is 0 Å². The van der Waals surface area contributed by atoms with Gasteiger partial charge in [-0.1, -0.05) is 65.1 Å². The Bertz CT molecular complexity index is 1270. The van der Waals surface area contributed by atoms with Crippen LogP contribution >= 0.6 is 34.8 Å². The summed E-state index contributed by atoms with van der Waals surface area (Å²) in [6.45, 7) is 1.29. The summed E-state index contributed by atoms with van der Waals surface area (Å²) in [5, 5.41) is 5.00. The molecule has 1 amide bonds. The predicted octanol–water partition coefficient (Wildman–Crippen LogP) is 5.30. The number of benzene rings is 3. The number of carbonyl (C=O) groups excluding carboxylic acids is 1. The van der Waals surface area contributed by atoms with Gasteiger partial charge in [0.1, 0.15) is 6.54 Å². The molecule has 0 aromatic heterocycles. The van der Waals surface area contributed by atoms with E-state index in [0.717, 1.165) is 9.87 Å². The van der Waals surface area contributed by atoms with Crippen LogP contribution in [0.5, 0.6) is 0 Å². The first-order chi connectivity index (χ1) is 15.2. The van der Waals surface area contributed by atoms with Gasteiger partial charge >= 0.3 is 0 Å². The fourth-order valence-corrected chi connectivity index (χ4v) is 4.62. The SMILES string of the molecule is Cc1ccc(N(CC(=O)N/N=C/c2ccc(Cl)c(Cl)c2)S(=O)(=O)c2ccccc2)cc1Cl. The highest BCUT2D eigenvalue weighted by Gasteiger charge is 2.27. The molecule has 0 aliphatic rings. The monoisotopic (exact) mass is 509 g/mol. The molecule has 3 rings (SSSR count). The minimum absolute atomic E-state index is 0.0452. The van der Waals surface area contributed by atoms with Gasteiger partial charge in [0.2, 0.25) is 0 Å². The second-order valence-electron chi connectivity index (χ2n) is 6.72. The van der Waals surface area contributed by atoms with Gasteiger partial charge in [-0.15, -0.1) is 0 Å². The van der Waals surface area contributed by atoms with Crippen molar-refractivity contribution < 1.29 is 13.2 Å². The number of rotatable bonds is 7. The molecule has 32 heavy (non-hydrogen) atoms. The van der Waals surface area contributed by atoms with E-state index in [1.165, 1.54) is 24.4 Å². The predicted molar refractivity (Wildman–Crippen MR) is 129 cm³/mol. The maximum atomic E-state index is 13.3. The van der Waals surface area contributed by atoms with Crippen LogP contribution in [0, 0.1) is 6.92 Å². The summed E-state index contributed by atoms with van der Waals surface area (Å²) < 4.78 is 27.5. The van der Waals surface area contributed by atoms with E-state index in [1.54, 1.807) is 55.5 Å². The summed E-state index contributed by atoms with van der Waals surface area (Å²) >= 11 is 18.0. The summed E-state index contributed by atoms with van der Waals surface area (Å²) in [6.07, 6.45) is 1.37. The first-order valence-corrected chi connectivity index (χ1v) is 11.9. The second kappa shape index (κ2) is 10.4. The summed E-state index contributed by atoms with van der Waals surface area (Å²) in [4.78, 5) is 12.6. The van der Waals surface area contributed by atoms with Gasteiger partial charge in [-0.05, 0) is 54.4 Å². The van der Waals surface area contributed by atoms with Gasteiger partial charge in [-0.3, -0.25) is 9.10 Å². The number of hydrazone groups is 1. The van der Waals surface area contributed by atoms with Gasteiger partial charge in [-0.2, -0.15) is 5.10 Å². The normalized spacial score (nSPS) is 11.5. The maximum Gasteiger partial charge on any atom is 0.264 e. The first kappa shape index (κ1) is 24.1. The van der Waals surface area contributed by atoms with E-state index in [0.29, 0.717) is 20.6 Å². The Morgan fingerprint density at radius 3 is 2.34 bits per heavy atom. The van der Waals surface area contributed by atoms with Gasteiger partial charge in [0.15, 0.2) is 0 Å². The number of hydrogen-bond acceptors (Lipinski definition) is 4. The minimum atomic E-state index is -4.04. The van der Waals surface area contributed by atoms with Gasteiger partial charge in [0.25, 0.3) is 15.9 Å². The lowest BCUT2D eigenvalue weighted by Crippen LogP contribution is -2.39. The van der Waals surface area contributed by atoms with Crippen LogP contribution in [0.2, 0.25) is 15.1 Å². The van der Waals surface area contributed by atoms with Gasteiger partial charge in [0.05, 0.1) is 26.8 Å². The molecular formula is C22H18Cl3N3O3S. The van der Waals surface area contributed by atoms with Crippen molar-refractivity contribution in [1.29, 1.82) is 0 Å². The summed E-state index contributed by atoms with van der Waals surface area (Å²) in [5.41, 5.74) is 3.98. The smallest absolute Gasteiger partial charge is 0.264 e. The van der Waals surface area contributed by atoms with Crippen molar-refractivity contribution in [1.82, 2.24) is 5.43 Å². The highest BCUT2D eigenvalue weighted by atomic mass is 35.5. The fourth-order valence-electron chi connectivity index (χ4n) is 2.71. The number of carbonyl (C=O) groups is 1. The van der Waals surface area contributed by atoms with Gasteiger partial charge < -0.3 is 0 Å². The second-order valence-corrected chi connectivity index (χ2v) is 9.81. The Morgan fingerprint density at radius 2 is 1.69 bits per heavy atom. The topological polar surface area (TPSA) is 78.8 Å². The molecule has 3 aromatic carbocycles. The molecule has 0 radical (unpaired) electrons. The number of halogens is 3. The van der Waals surface area contributed by atoms with E-state index in [9.17, 15) is 13.2 Å². The standard InChI is InChI=1S/C22H18Cl3N3O3S/c1-15-7-9-17(12-20(15)24)28(32(30,31)18-5-3-2-4-6-18)14-22(29)27-26-13-16-8-10-19(23)21(25)11-16/h2-13H,14H2,1H3,(H,27,29)/b26-13+. The first-order valence-electron chi connectivity index (χ1n) is 9.29. The van der Waals surface area contributed by atoms with E-state index in [1.807, 2.05) is 0 Å². The van der Waals surface area contributed by atoms with Gasteiger partial charge in [0, 0.05) is 5.02 Å². The molecule has 0 bridgehead atoms. The third-order valence-corrected chi connectivity index (χ3v) is 7.34. The van der Waals surface area contributed by atoms with E-state index in [2.05, 4.69) is 10.5 Å². The van der Waals surface area contributed by atoms with Gasteiger partial charge in [-0.25, -0.2) is 13.8 Å². The van der Waals surface area contributed by atoms with Crippen LogP contribution in [-0.4, -0.2) is 27.1 Å². The molecule has 3 aromatic rings. The van der Waals surface area contributed by atoms with Crippen LogP contribution in [0.4, 0.5) is 5.69 Å². The van der Waals surface area contributed by atoms with Crippen LogP contribution < -0.4 is 9.73 Å². The minimum Gasteiger partial charge on any atom is -0.271 e.